The van der Waals surface area contributed by atoms with Gasteiger partial charge in [0, 0.05) is 4.88 Å². The number of carbonyl (C=O) groups excluding carboxylic acids is 1. The van der Waals surface area contributed by atoms with Gasteiger partial charge in [0.15, 0.2) is 6.61 Å². The summed E-state index contributed by atoms with van der Waals surface area (Å²) in [7, 11) is 0. The molecule has 1 aromatic heterocycles. The molecule has 0 unspecified atom stereocenters. The fraction of sp³-hybridized carbons (Fsp3) is 0.455. The van der Waals surface area contributed by atoms with Crippen LogP contribution in [0.25, 0.3) is 0 Å². The SMILES string of the molecule is C[C@H]1CCc2c(sc(NC(=O)COc3ccccc3C(C)(C)C)c2C#N)C1. The standard InChI is InChI=1S/C22H26N2O2S/c1-14-9-10-15-16(12-23)21(27-19(15)11-14)24-20(25)13-26-18-8-6-5-7-17(18)22(2,3)4/h5-8,14H,9-11,13H2,1-4H3,(H,24,25)/t14-/m0/s1. The fourth-order valence-corrected chi connectivity index (χ4v) is 4.85. The number of anilines is 1. The lowest BCUT2D eigenvalue weighted by molar-refractivity contribution is -0.118. The van der Waals surface area contributed by atoms with Crippen molar-refractivity contribution in [2.45, 2.75) is 52.4 Å². The van der Waals surface area contributed by atoms with Crippen molar-refractivity contribution in [2.24, 2.45) is 5.92 Å². The van der Waals surface area contributed by atoms with Crippen LogP contribution >= 0.6 is 11.3 Å². The van der Waals surface area contributed by atoms with Crippen LogP contribution in [0.2, 0.25) is 0 Å². The second-order valence-corrected chi connectivity index (χ2v) is 9.36. The zero-order chi connectivity index (χ0) is 19.6. The highest BCUT2D eigenvalue weighted by Crippen LogP contribution is 2.39. The average molecular weight is 383 g/mol. The number of rotatable bonds is 4. The second-order valence-electron chi connectivity index (χ2n) is 8.25. The van der Waals surface area contributed by atoms with E-state index < -0.39 is 0 Å². The lowest BCUT2D eigenvalue weighted by Gasteiger charge is -2.22. The number of hydrogen-bond donors (Lipinski definition) is 1. The Kier molecular flexibility index (Phi) is 5.57. The van der Waals surface area contributed by atoms with Crippen molar-refractivity contribution in [3.63, 3.8) is 0 Å². The largest absolute Gasteiger partial charge is 0.483 e. The molecular formula is C22H26N2O2S. The number of thiophene rings is 1. The average Bonchev–Trinajstić information content (AvgIpc) is 2.95. The van der Waals surface area contributed by atoms with E-state index in [2.05, 4.69) is 39.1 Å². The van der Waals surface area contributed by atoms with Gasteiger partial charge in [-0.15, -0.1) is 11.3 Å². The van der Waals surface area contributed by atoms with Gasteiger partial charge in [-0.3, -0.25) is 4.79 Å². The Morgan fingerprint density at radius 3 is 2.81 bits per heavy atom. The monoisotopic (exact) mass is 382 g/mol. The van der Waals surface area contributed by atoms with Crippen LogP contribution in [0.1, 0.15) is 55.7 Å². The van der Waals surface area contributed by atoms with E-state index in [0.717, 1.165) is 36.1 Å². The van der Waals surface area contributed by atoms with Gasteiger partial charge in [0.1, 0.15) is 16.8 Å². The maximum absolute atomic E-state index is 12.5. The normalized spacial score (nSPS) is 16.3. The Hall–Kier alpha value is -2.32. The highest BCUT2D eigenvalue weighted by atomic mass is 32.1. The molecule has 5 heteroatoms. The van der Waals surface area contributed by atoms with Gasteiger partial charge in [0.05, 0.1) is 5.56 Å². The van der Waals surface area contributed by atoms with Crippen molar-refractivity contribution in [3.05, 3.63) is 45.8 Å². The summed E-state index contributed by atoms with van der Waals surface area (Å²) in [6.45, 7) is 8.51. The third-order valence-corrected chi connectivity index (χ3v) is 6.10. The number of para-hydroxylation sites is 1. The minimum atomic E-state index is -0.234. The van der Waals surface area contributed by atoms with Gasteiger partial charge in [0.2, 0.25) is 0 Å². The molecule has 0 spiro atoms. The molecule has 0 saturated carbocycles. The van der Waals surface area contributed by atoms with Crippen LogP contribution in [-0.4, -0.2) is 12.5 Å². The predicted molar refractivity (Wildman–Crippen MR) is 109 cm³/mol. The zero-order valence-electron chi connectivity index (χ0n) is 16.4. The summed E-state index contributed by atoms with van der Waals surface area (Å²) in [5.41, 5.74) is 2.75. The number of ether oxygens (including phenoxy) is 1. The molecule has 1 aliphatic carbocycles. The maximum atomic E-state index is 12.5. The number of nitrogens with one attached hydrogen (secondary N) is 1. The molecule has 1 amide bonds. The Labute approximate surface area is 165 Å². The minimum absolute atomic E-state index is 0.0649. The summed E-state index contributed by atoms with van der Waals surface area (Å²) < 4.78 is 5.80. The molecule has 0 aliphatic heterocycles. The van der Waals surface area contributed by atoms with Crippen molar-refractivity contribution in [3.8, 4) is 11.8 Å². The number of amides is 1. The number of nitrogens with zero attached hydrogens (tertiary/aromatic N) is 1. The van der Waals surface area contributed by atoms with Crippen LogP contribution in [-0.2, 0) is 23.1 Å². The first kappa shape index (κ1) is 19.4. The molecule has 3 rings (SSSR count). The smallest absolute Gasteiger partial charge is 0.262 e. The van der Waals surface area contributed by atoms with Crippen LogP contribution < -0.4 is 10.1 Å². The van der Waals surface area contributed by atoms with Gasteiger partial charge in [-0.05, 0) is 47.8 Å². The van der Waals surface area contributed by atoms with Crippen molar-refractivity contribution in [1.82, 2.24) is 0 Å². The molecule has 27 heavy (non-hydrogen) atoms. The molecule has 1 aromatic carbocycles. The fourth-order valence-electron chi connectivity index (χ4n) is 3.48. The van der Waals surface area contributed by atoms with Crippen LogP contribution in [0.4, 0.5) is 5.00 Å². The molecular weight excluding hydrogens is 356 g/mol. The minimum Gasteiger partial charge on any atom is -0.483 e. The molecule has 0 bridgehead atoms. The van der Waals surface area contributed by atoms with Gasteiger partial charge in [-0.2, -0.15) is 5.26 Å². The summed E-state index contributed by atoms with van der Waals surface area (Å²) in [5, 5.41) is 13.1. The van der Waals surface area contributed by atoms with Crippen molar-refractivity contribution in [1.29, 1.82) is 5.26 Å². The zero-order valence-corrected chi connectivity index (χ0v) is 17.2. The molecule has 1 heterocycles. The van der Waals surface area contributed by atoms with E-state index >= 15 is 0 Å². The van der Waals surface area contributed by atoms with Crippen LogP contribution in [0, 0.1) is 17.2 Å². The second kappa shape index (κ2) is 7.74. The number of carbonyl (C=O) groups is 1. The van der Waals surface area contributed by atoms with Crippen LogP contribution in [0.5, 0.6) is 5.75 Å². The van der Waals surface area contributed by atoms with Gasteiger partial charge in [-0.25, -0.2) is 0 Å². The van der Waals surface area contributed by atoms with Gasteiger partial charge in [0.25, 0.3) is 5.91 Å². The Balaban J connectivity index is 1.70. The first-order valence-corrected chi connectivity index (χ1v) is 10.2. The molecule has 0 radical (unpaired) electrons. The van der Waals surface area contributed by atoms with Gasteiger partial charge < -0.3 is 10.1 Å². The van der Waals surface area contributed by atoms with Crippen molar-refractivity contribution >= 4 is 22.2 Å². The van der Waals surface area contributed by atoms with Gasteiger partial charge >= 0.3 is 0 Å². The van der Waals surface area contributed by atoms with E-state index in [4.69, 9.17) is 4.74 Å². The van der Waals surface area contributed by atoms with Crippen molar-refractivity contribution < 1.29 is 9.53 Å². The summed E-state index contributed by atoms with van der Waals surface area (Å²) in [5.74, 6) is 1.12. The van der Waals surface area contributed by atoms with Crippen molar-refractivity contribution in [2.75, 3.05) is 11.9 Å². The van der Waals surface area contributed by atoms with E-state index in [1.807, 2.05) is 24.3 Å². The summed E-state index contributed by atoms with van der Waals surface area (Å²) in [4.78, 5) is 13.7. The van der Waals surface area contributed by atoms with E-state index in [0.29, 0.717) is 16.5 Å². The van der Waals surface area contributed by atoms with E-state index in [-0.39, 0.29) is 17.9 Å². The van der Waals surface area contributed by atoms with Crippen LogP contribution in [0.15, 0.2) is 24.3 Å². The summed E-state index contributed by atoms with van der Waals surface area (Å²) >= 11 is 1.54. The number of nitriles is 1. The van der Waals surface area contributed by atoms with E-state index in [9.17, 15) is 10.1 Å². The predicted octanol–water partition coefficient (Wildman–Crippen LogP) is 5.06. The lowest BCUT2D eigenvalue weighted by atomic mass is 9.86. The topological polar surface area (TPSA) is 62.1 Å². The quantitative estimate of drug-likeness (QED) is 0.804. The summed E-state index contributed by atoms with van der Waals surface area (Å²) in [6.07, 6.45) is 3.00. The van der Waals surface area contributed by atoms with E-state index in [1.165, 1.54) is 16.2 Å². The Bertz CT molecular complexity index is 887. The molecule has 2 aromatic rings. The summed E-state index contributed by atoms with van der Waals surface area (Å²) in [6, 6.07) is 10.1. The molecule has 1 N–H and O–H groups in total. The van der Waals surface area contributed by atoms with E-state index in [1.54, 1.807) is 0 Å². The molecule has 0 fully saturated rings. The number of hydrogen-bond acceptors (Lipinski definition) is 4. The number of fused-ring (bicyclic) bond motifs is 1. The Morgan fingerprint density at radius 1 is 1.37 bits per heavy atom. The maximum Gasteiger partial charge on any atom is 0.262 e. The molecule has 0 saturated heterocycles. The first-order valence-electron chi connectivity index (χ1n) is 9.36. The Morgan fingerprint density at radius 2 is 2.11 bits per heavy atom. The third-order valence-electron chi connectivity index (χ3n) is 4.93. The molecule has 142 valence electrons. The molecule has 1 atom stereocenters. The van der Waals surface area contributed by atoms with Crippen LogP contribution in [0.3, 0.4) is 0 Å². The highest BCUT2D eigenvalue weighted by molar-refractivity contribution is 7.16. The van der Waals surface area contributed by atoms with Gasteiger partial charge in [-0.1, -0.05) is 45.9 Å². The number of benzene rings is 1. The molecule has 1 aliphatic rings. The molecule has 4 nitrogen and oxygen atoms in total. The highest BCUT2D eigenvalue weighted by Gasteiger charge is 2.25. The lowest BCUT2D eigenvalue weighted by Crippen LogP contribution is -2.22. The third kappa shape index (κ3) is 4.33. The first-order chi connectivity index (χ1) is 12.8.